The van der Waals surface area contributed by atoms with E-state index in [2.05, 4.69) is 0 Å². The van der Waals surface area contributed by atoms with Crippen LogP contribution >= 0.6 is 11.3 Å². The van der Waals surface area contributed by atoms with Crippen molar-refractivity contribution in [2.75, 3.05) is 19.3 Å². The number of hydrogen-bond donors (Lipinski definition) is 2. The van der Waals surface area contributed by atoms with E-state index in [-0.39, 0.29) is 12.0 Å². The van der Waals surface area contributed by atoms with Crippen molar-refractivity contribution in [3.8, 4) is 0 Å². The first-order valence-electron chi connectivity index (χ1n) is 6.75. The van der Waals surface area contributed by atoms with E-state index < -0.39 is 0 Å². The summed E-state index contributed by atoms with van der Waals surface area (Å²) >= 11 is 1.50. The quantitative estimate of drug-likeness (QED) is 0.853. The number of anilines is 1. The molecule has 0 aliphatic heterocycles. The highest BCUT2D eigenvalue weighted by Gasteiger charge is 2.29. The molecule has 0 unspecified atom stereocenters. The van der Waals surface area contributed by atoms with Gasteiger partial charge in [0.15, 0.2) is 0 Å². The minimum atomic E-state index is -0.171. The van der Waals surface area contributed by atoms with Crippen LogP contribution < -0.4 is 5.73 Å². The van der Waals surface area contributed by atoms with Gasteiger partial charge in [-0.15, -0.1) is 11.3 Å². The van der Waals surface area contributed by atoms with Gasteiger partial charge < -0.3 is 15.7 Å². The summed E-state index contributed by atoms with van der Waals surface area (Å²) < 4.78 is 1.08. The third-order valence-electron chi connectivity index (χ3n) is 3.84. The molecule has 0 spiro atoms. The number of aliphatic hydroxyl groups is 1. The number of benzene rings is 1. The van der Waals surface area contributed by atoms with E-state index in [1.165, 1.54) is 11.3 Å². The number of fused-ring (bicyclic) bond motifs is 1. The van der Waals surface area contributed by atoms with Crippen LogP contribution in [-0.2, 0) is 0 Å². The summed E-state index contributed by atoms with van der Waals surface area (Å²) in [6, 6.07) is 7.61. The molecular weight excluding hydrogens is 272 g/mol. The number of nitrogens with zero attached hydrogens (tertiary/aromatic N) is 1. The molecule has 1 aliphatic rings. The Morgan fingerprint density at radius 2 is 2.20 bits per heavy atom. The fourth-order valence-electron chi connectivity index (χ4n) is 2.68. The van der Waals surface area contributed by atoms with Crippen molar-refractivity contribution < 1.29 is 9.90 Å². The minimum Gasteiger partial charge on any atom is -0.399 e. The second kappa shape index (κ2) is 5.07. The molecule has 1 heterocycles. The van der Waals surface area contributed by atoms with Gasteiger partial charge in [-0.05, 0) is 48.4 Å². The first-order chi connectivity index (χ1) is 9.52. The number of hydrogen-bond acceptors (Lipinski definition) is 4. The van der Waals surface area contributed by atoms with Gasteiger partial charge in [-0.25, -0.2) is 0 Å². The zero-order valence-electron chi connectivity index (χ0n) is 11.4. The van der Waals surface area contributed by atoms with Gasteiger partial charge in [-0.2, -0.15) is 0 Å². The molecule has 3 N–H and O–H groups in total. The van der Waals surface area contributed by atoms with E-state index in [9.17, 15) is 9.90 Å². The molecule has 1 aromatic carbocycles. The molecule has 4 nitrogen and oxygen atoms in total. The van der Waals surface area contributed by atoms with Crippen molar-refractivity contribution in [2.24, 2.45) is 5.92 Å². The molecule has 0 bridgehead atoms. The predicted molar refractivity (Wildman–Crippen MR) is 81.9 cm³/mol. The molecule has 1 fully saturated rings. The number of aliphatic hydroxyl groups excluding tert-OH is 1. The highest BCUT2D eigenvalue weighted by Crippen LogP contribution is 2.30. The van der Waals surface area contributed by atoms with E-state index in [0.717, 1.165) is 27.8 Å². The summed E-state index contributed by atoms with van der Waals surface area (Å²) in [6.45, 7) is 0.715. The summed E-state index contributed by atoms with van der Waals surface area (Å²) in [6.07, 6.45) is 1.44. The highest BCUT2D eigenvalue weighted by molar-refractivity contribution is 7.20. The lowest BCUT2D eigenvalue weighted by Crippen LogP contribution is -2.39. The van der Waals surface area contributed by atoms with Crippen LogP contribution in [0.5, 0.6) is 0 Å². The zero-order chi connectivity index (χ0) is 14.3. The van der Waals surface area contributed by atoms with Crippen molar-refractivity contribution in [2.45, 2.75) is 18.9 Å². The second-order valence-corrected chi connectivity index (χ2v) is 6.67. The van der Waals surface area contributed by atoms with Gasteiger partial charge in [-0.1, -0.05) is 0 Å². The van der Waals surface area contributed by atoms with E-state index in [4.69, 9.17) is 5.73 Å². The van der Waals surface area contributed by atoms with E-state index in [1.54, 1.807) is 4.90 Å². The number of carbonyl (C=O) groups is 1. The van der Waals surface area contributed by atoms with Gasteiger partial charge in [0.05, 0.1) is 11.0 Å². The average molecular weight is 290 g/mol. The average Bonchev–Trinajstić information content (AvgIpc) is 2.78. The normalized spacial score (nSPS) is 21.7. The first-order valence-corrected chi connectivity index (χ1v) is 7.57. The van der Waals surface area contributed by atoms with E-state index in [1.807, 2.05) is 31.3 Å². The molecule has 20 heavy (non-hydrogen) atoms. The summed E-state index contributed by atoms with van der Waals surface area (Å²) in [5, 5.41) is 10.3. The molecule has 1 amide bonds. The lowest BCUT2D eigenvalue weighted by atomic mass is 9.82. The molecule has 5 heteroatoms. The van der Waals surface area contributed by atoms with Gasteiger partial charge >= 0.3 is 0 Å². The third kappa shape index (κ3) is 2.51. The van der Waals surface area contributed by atoms with Crippen molar-refractivity contribution in [1.29, 1.82) is 0 Å². The number of nitrogen functional groups attached to an aromatic ring is 1. The van der Waals surface area contributed by atoms with Gasteiger partial charge in [0.1, 0.15) is 0 Å². The molecule has 1 saturated carbocycles. The Bertz CT molecular complexity index is 646. The Morgan fingerprint density at radius 3 is 2.90 bits per heavy atom. The molecule has 3 rings (SSSR count). The Labute approximate surface area is 121 Å². The standard InChI is InChI=1S/C15H18N2O2S/c1-17(8-9-4-12(18)5-9)15(19)14-7-10-6-11(16)2-3-13(10)20-14/h2-3,6-7,9,12,18H,4-5,8,16H2,1H3. The molecule has 2 aromatic rings. The fraction of sp³-hybridized carbons (Fsp3) is 0.400. The lowest BCUT2D eigenvalue weighted by Gasteiger charge is -2.34. The SMILES string of the molecule is CN(CC1CC(O)C1)C(=O)c1cc2cc(N)ccc2s1. The maximum absolute atomic E-state index is 12.4. The molecule has 1 aromatic heterocycles. The number of rotatable bonds is 3. The number of amides is 1. The summed E-state index contributed by atoms with van der Waals surface area (Å²) in [7, 11) is 1.83. The number of nitrogens with two attached hydrogens (primary N) is 1. The van der Waals surface area contributed by atoms with Crippen molar-refractivity contribution >= 4 is 33.0 Å². The molecule has 0 atom stereocenters. The van der Waals surface area contributed by atoms with Crippen LogP contribution in [0.15, 0.2) is 24.3 Å². The van der Waals surface area contributed by atoms with Gasteiger partial charge in [-0.3, -0.25) is 4.79 Å². The molecule has 1 aliphatic carbocycles. The van der Waals surface area contributed by atoms with Crippen LogP contribution in [0.1, 0.15) is 22.5 Å². The monoisotopic (exact) mass is 290 g/mol. The fourth-order valence-corrected chi connectivity index (χ4v) is 3.71. The van der Waals surface area contributed by atoms with Crippen LogP contribution in [0.25, 0.3) is 10.1 Å². The van der Waals surface area contributed by atoms with Gasteiger partial charge in [0.25, 0.3) is 5.91 Å². The Hall–Kier alpha value is -1.59. The number of carbonyl (C=O) groups excluding carboxylic acids is 1. The highest BCUT2D eigenvalue weighted by atomic mass is 32.1. The topological polar surface area (TPSA) is 66.6 Å². The molecule has 0 saturated heterocycles. The summed E-state index contributed by atoms with van der Waals surface area (Å²) in [5.74, 6) is 0.482. The largest absolute Gasteiger partial charge is 0.399 e. The second-order valence-electron chi connectivity index (χ2n) is 5.58. The smallest absolute Gasteiger partial charge is 0.263 e. The maximum Gasteiger partial charge on any atom is 0.263 e. The predicted octanol–water partition coefficient (Wildman–Crippen LogP) is 2.33. The van der Waals surface area contributed by atoms with Gasteiger partial charge in [0, 0.05) is 24.0 Å². The van der Waals surface area contributed by atoms with Crippen molar-refractivity contribution in [1.82, 2.24) is 4.90 Å². The van der Waals surface area contributed by atoms with Crippen LogP contribution in [0.2, 0.25) is 0 Å². The first kappa shape index (κ1) is 13.4. The third-order valence-corrected chi connectivity index (χ3v) is 4.94. The van der Waals surface area contributed by atoms with Crippen LogP contribution in [0.4, 0.5) is 5.69 Å². The summed E-state index contributed by atoms with van der Waals surface area (Å²) in [4.78, 5) is 14.9. The minimum absolute atomic E-state index is 0.0474. The Balaban J connectivity index is 1.74. The number of thiophene rings is 1. The molecule has 106 valence electrons. The zero-order valence-corrected chi connectivity index (χ0v) is 12.2. The van der Waals surface area contributed by atoms with E-state index in [0.29, 0.717) is 18.2 Å². The summed E-state index contributed by atoms with van der Waals surface area (Å²) in [5.41, 5.74) is 6.47. The molecular formula is C15H18N2O2S. The van der Waals surface area contributed by atoms with Crippen LogP contribution in [-0.4, -0.2) is 35.6 Å². The molecule has 0 radical (unpaired) electrons. The Morgan fingerprint density at radius 1 is 1.45 bits per heavy atom. The van der Waals surface area contributed by atoms with Crippen LogP contribution in [0.3, 0.4) is 0 Å². The van der Waals surface area contributed by atoms with Crippen molar-refractivity contribution in [3.63, 3.8) is 0 Å². The Kier molecular flexibility index (Phi) is 3.40. The van der Waals surface area contributed by atoms with E-state index >= 15 is 0 Å². The lowest BCUT2D eigenvalue weighted by molar-refractivity contribution is 0.0266. The maximum atomic E-state index is 12.4. The van der Waals surface area contributed by atoms with Crippen LogP contribution in [0, 0.1) is 5.92 Å². The van der Waals surface area contributed by atoms with Gasteiger partial charge in [0.2, 0.25) is 0 Å². The van der Waals surface area contributed by atoms with Crippen molar-refractivity contribution in [3.05, 3.63) is 29.1 Å².